The predicted octanol–water partition coefficient (Wildman–Crippen LogP) is 2.25. The molecule has 0 saturated heterocycles. The number of phenolic OH excluding ortho intramolecular Hbond substituents is 1. The van der Waals surface area contributed by atoms with Gasteiger partial charge in [-0.3, -0.25) is 0 Å². The molecule has 0 radical (unpaired) electrons. The number of hydrogen-bond donors (Lipinski definition) is 2. The van der Waals surface area contributed by atoms with Crippen molar-refractivity contribution in [1.82, 2.24) is 10.2 Å². The Morgan fingerprint density at radius 1 is 1.28 bits per heavy atom. The van der Waals surface area contributed by atoms with Crippen LogP contribution >= 0.6 is 0 Å². The molecule has 3 nitrogen and oxygen atoms in total. The van der Waals surface area contributed by atoms with Crippen LogP contribution in [0.15, 0.2) is 24.3 Å². The minimum Gasteiger partial charge on any atom is -0.508 e. The van der Waals surface area contributed by atoms with E-state index >= 15 is 0 Å². The summed E-state index contributed by atoms with van der Waals surface area (Å²) >= 11 is 0. The summed E-state index contributed by atoms with van der Waals surface area (Å²) in [7, 11) is 6.28. The van der Waals surface area contributed by atoms with E-state index in [9.17, 15) is 5.11 Å². The smallest absolute Gasteiger partial charge is 0.115 e. The van der Waals surface area contributed by atoms with E-state index in [0.29, 0.717) is 11.8 Å². The van der Waals surface area contributed by atoms with Crippen molar-refractivity contribution in [2.75, 3.05) is 21.1 Å². The fourth-order valence-electron chi connectivity index (χ4n) is 2.37. The van der Waals surface area contributed by atoms with Crippen LogP contribution in [0.4, 0.5) is 0 Å². The molecule has 1 aromatic rings. The first-order chi connectivity index (χ1) is 8.43. The molecule has 1 rings (SSSR count). The lowest BCUT2D eigenvalue weighted by molar-refractivity contribution is 0.116. The Balaban J connectivity index is 2.87. The molecule has 0 bridgehead atoms. The quantitative estimate of drug-likeness (QED) is 0.813. The fraction of sp³-hybridized carbons (Fsp3) is 0.600. The first kappa shape index (κ1) is 15.0. The second-order valence-corrected chi connectivity index (χ2v) is 5.32. The molecule has 1 aromatic carbocycles. The number of hydrogen-bond acceptors (Lipinski definition) is 3. The van der Waals surface area contributed by atoms with E-state index in [2.05, 4.69) is 38.2 Å². The maximum absolute atomic E-state index is 9.32. The van der Waals surface area contributed by atoms with Crippen molar-refractivity contribution in [3.05, 3.63) is 29.8 Å². The minimum atomic E-state index is 0.118. The van der Waals surface area contributed by atoms with Gasteiger partial charge in [0.15, 0.2) is 0 Å². The summed E-state index contributed by atoms with van der Waals surface area (Å²) in [6.07, 6.45) is 2.04. The molecule has 0 aliphatic rings. The molecule has 0 fully saturated rings. The summed E-state index contributed by atoms with van der Waals surface area (Å²) in [6, 6.07) is 7.86. The van der Waals surface area contributed by atoms with E-state index in [1.165, 1.54) is 5.56 Å². The fourth-order valence-corrected chi connectivity index (χ4v) is 2.37. The average Bonchev–Trinajstić information content (AvgIpc) is 2.37. The molecule has 0 spiro atoms. The lowest BCUT2D eigenvalue weighted by Crippen LogP contribution is -2.56. The summed E-state index contributed by atoms with van der Waals surface area (Å²) in [5, 5.41) is 12.8. The second kappa shape index (κ2) is 6.21. The van der Waals surface area contributed by atoms with Gasteiger partial charge in [0.2, 0.25) is 0 Å². The Bertz CT molecular complexity index is 361. The molecule has 0 aromatic heterocycles. The Kier molecular flexibility index (Phi) is 5.17. The van der Waals surface area contributed by atoms with Crippen LogP contribution in [0.2, 0.25) is 0 Å². The number of benzene rings is 1. The van der Waals surface area contributed by atoms with Gasteiger partial charge in [-0.1, -0.05) is 19.1 Å². The highest BCUT2D eigenvalue weighted by Crippen LogP contribution is 2.24. The number of nitrogens with one attached hydrogen (secondary N) is 1. The van der Waals surface area contributed by atoms with Crippen LogP contribution in [0, 0.1) is 0 Å². The maximum atomic E-state index is 9.32. The Labute approximate surface area is 111 Å². The van der Waals surface area contributed by atoms with Crippen molar-refractivity contribution < 1.29 is 5.11 Å². The number of likely N-dealkylation sites (N-methyl/N-ethyl adjacent to an activating group) is 2. The zero-order valence-corrected chi connectivity index (χ0v) is 12.2. The standard InChI is InChI=1S/C15H26N2O/c1-6-15(2,17(4)5)14(16-3)11-12-7-9-13(18)10-8-12/h7-10,14,16,18H,6,11H2,1-5H3. The van der Waals surface area contributed by atoms with Gasteiger partial charge in [-0.05, 0) is 58.6 Å². The summed E-state index contributed by atoms with van der Waals surface area (Å²) in [5.74, 6) is 0.325. The van der Waals surface area contributed by atoms with Crippen LogP contribution in [-0.4, -0.2) is 42.7 Å². The highest BCUT2D eigenvalue weighted by Gasteiger charge is 2.33. The van der Waals surface area contributed by atoms with Gasteiger partial charge < -0.3 is 15.3 Å². The van der Waals surface area contributed by atoms with Crippen LogP contribution in [0.1, 0.15) is 25.8 Å². The van der Waals surface area contributed by atoms with Crippen molar-refractivity contribution in [3.8, 4) is 5.75 Å². The minimum absolute atomic E-state index is 0.118. The number of phenols is 1. The monoisotopic (exact) mass is 250 g/mol. The van der Waals surface area contributed by atoms with Gasteiger partial charge in [-0.25, -0.2) is 0 Å². The first-order valence-electron chi connectivity index (χ1n) is 6.56. The van der Waals surface area contributed by atoms with Gasteiger partial charge in [0.25, 0.3) is 0 Å². The second-order valence-electron chi connectivity index (χ2n) is 5.32. The highest BCUT2D eigenvalue weighted by molar-refractivity contribution is 5.27. The molecule has 18 heavy (non-hydrogen) atoms. The highest BCUT2D eigenvalue weighted by atomic mass is 16.3. The third-order valence-electron chi connectivity index (χ3n) is 4.21. The summed E-state index contributed by atoms with van der Waals surface area (Å²) < 4.78 is 0. The van der Waals surface area contributed by atoms with E-state index in [1.807, 2.05) is 19.2 Å². The molecule has 0 aliphatic carbocycles. The largest absolute Gasteiger partial charge is 0.508 e. The van der Waals surface area contributed by atoms with Crippen LogP contribution < -0.4 is 5.32 Å². The average molecular weight is 250 g/mol. The van der Waals surface area contributed by atoms with Crippen molar-refractivity contribution in [2.24, 2.45) is 0 Å². The Hall–Kier alpha value is -1.06. The third-order valence-corrected chi connectivity index (χ3v) is 4.21. The molecule has 0 amide bonds. The van der Waals surface area contributed by atoms with Crippen molar-refractivity contribution in [3.63, 3.8) is 0 Å². The van der Waals surface area contributed by atoms with E-state index in [1.54, 1.807) is 12.1 Å². The topological polar surface area (TPSA) is 35.5 Å². The molecular weight excluding hydrogens is 224 g/mol. The number of nitrogens with zero attached hydrogens (tertiary/aromatic N) is 1. The SMILES string of the molecule is CCC(C)(C(Cc1ccc(O)cc1)NC)N(C)C. The molecular formula is C15H26N2O. The number of rotatable bonds is 6. The van der Waals surface area contributed by atoms with Gasteiger partial charge in [0, 0.05) is 11.6 Å². The van der Waals surface area contributed by atoms with Gasteiger partial charge >= 0.3 is 0 Å². The predicted molar refractivity (Wildman–Crippen MR) is 77.0 cm³/mol. The van der Waals surface area contributed by atoms with Crippen molar-refractivity contribution >= 4 is 0 Å². The zero-order chi connectivity index (χ0) is 13.8. The van der Waals surface area contributed by atoms with E-state index in [-0.39, 0.29) is 5.54 Å². The maximum Gasteiger partial charge on any atom is 0.115 e. The van der Waals surface area contributed by atoms with E-state index in [0.717, 1.165) is 12.8 Å². The van der Waals surface area contributed by atoms with Crippen LogP contribution in [0.5, 0.6) is 5.75 Å². The Morgan fingerprint density at radius 2 is 1.83 bits per heavy atom. The summed E-state index contributed by atoms with van der Waals surface area (Å²) in [5.41, 5.74) is 1.36. The number of aromatic hydroxyl groups is 1. The van der Waals surface area contributed by atoms with Gasteiger partial charge in [-0.2, -0.15) is 0 Å². The lowest BCUT2D eigenvalue weighted by Gasteiger charge is -2.42. The normalized spacial score (nSPS) is 16.6. The lowest BCUT2D eigenvalue weighted by atomic mass is 9.84. The molecule has 3 heteroatoms. The molecule has 2 unspecified atom stereocenters. The molecule has 102 valence electrons. The van der Waals surface area contributed by atoms with Gasteiger partial charge in [-0.15, -0.1) is 0 Å². The molecule has 2 N–H and O–H groups in total. The van der Waals surface area contributed by atoms with Crippen LogP contribution in [0.25, 0.3) is 0 Å². The summed E-state index contributed by atoms with van der Waals surface area (Å²) in [6.45, 7) is 4.51. The Morgan fingerprint density at radius 3 is 2.22 bits per heavy atom. The van der Waals surface area contributed by atoms with Crippen molar-refractivity contribution in [2.45, 2.75) is 38.3 Å². The summed E-state index contributed by atoms with van der Waals surface area (Å²) in [4.78, 5) is 2.29. The van der Waals surface area contributed by atoms with E-state index in [4.69, 9.17) is 0 Å². The molecule has 2 atom stereocenters. The first-order valence-corrected chi connectivity index (χ1v) is 6.56. The van der Waals surface area contributed by atoms with Crippen LogP contribution in [0.3, 0.4) is 0 Å². The molecule has 0 aliphatic heterocycles. The third kappa shape index (κ3) is 3.24. The zero-order valence-electron chi connectivity index (χ0n) is 12.2. The van der Waals surface area contributed by atoms with Gasteiger partial charge in [0.05, 0.1) is 0 Å². The molecule has 0 saturated carbocycles. The van der Waals surface area contributed by atoms with Gasteiger partial charge in [0.1, 0.15) is 5.75 Å². The van der Waals surface area contributed by atoms with Crippen molar-refractivity contribution in [1.29, 1.82) is 0 Å². The molecule has 0 heterocycles. The van der Waals surface area contributed by atoms with E-state index < -0.39 is 0 Å². The van der Waals surface area contributed by atoms with Crippen LogP contribution in [-0.2, 0) is 6.42 Å².